The van der Waals surface area contributed by atoms with Crippen LogP contribution in [-0.2, 0) is 24.7 Å². The van der Waals surface area contributed by atoms with Crippen molar-refractivity contribution in [3.8, 4) is 11.5 Å². The van der Waals surface area contributed by atoms with E-state index in [4.69, 9.17) is 33.5 Å². The van der Waals surface area contributed by atoms with E-state index in [0.29, 0.717) is 22.6 Å². The van der Waals surface area contributed by atoms with Crippen molar-refractivity contribution in [2.24, 2.45) is 0 Å². The quantitative estimate of drug-likeness (QED) is 0.111. The van der Waals surface area contributed by atoms with E-state index in [1.165, 1.54) is 0 Å². The van der Waals surface area contributed by atoms with Crippen molar-refractivity contribution in [1.82, 2.24) is 0 Å². The van der Waals surface area contributed by atoms with Gasteiger partial charge in [0.25, 0.3) is 0 Å². The molecule has 17 heteroatoms. The van der Waals surface area contributed by atoms with Gasteiger partial charge in [0.05, 0.1) is 0 Å². The number of hydrogen-bond acceptors (Lipinski definition) is 10. The third-order valence-electron chi connectivity index (χ3n) is 5.71. The zero-order chi connectivity index (χ0) is 34.5. The highest BCUT2D eigenvalue weighted by atomic mass is 28.5. The lowest BCUT2D eigenvalue weighted by Gasteiger charge is -2.43. The smallest absolute Gasteiger partial charge is 0.383 e. The van der Waals surface area contributed by atoms with Gasteiger partial charge in [-0.2, -0.15) is 0 Å². The topological polar surface area (TPSA) is 108 Å². The lowest BCUT2D eigenvalue weighted by atomic mass is 10.2. The van der Waals surface area contributed by atoms with Gasteiger partial charge in [-0.1, -0.05) is 0 Å². The summed E-state index contributed by atoms with van der Waals surface area (Å²) in [4.78, 5) is 22.0. The summed E-state index contributed by atoms with van der Waals surface area (Å²) in [7, 11) is -18.8. The molecule has 2 aromatic rings. The van der Waals surface area contributed by atoms with Gasteiger partial charge >= 0.3 is 59.9 Å². The average molecular weight is 745 g/mol. The van der Waals surface area contributed by atoms with Crippen molar-refractivity contribution < 1.29 is 43.1 Å². The average Bonchev–Trinajstić information content (AvgIpc) is 2.79. The maximum absolute atomic E-state index is 11.0. The Morgan fingerprint density at radius 3 is 0.756 bits per heavy atom. The second-order valence-corrected chi connectivity index (χ2v) is 38.9. The Hall–Kier alpha value is -1.34. The Bertz CT molecular complexity index is 1180. The van der Waals surface area contributed by atoms with Gasteiger partial charge < -0.3 is 33.5 Å². The second kappa shape index (κ2) is 14.8. The first-order valence-electron chi connectivity index (χ1n) is 15.0. The molecule has 0 aliphatic rings. The van der Waals surface area contributed by atoms with Crippen LogP contribution < -0.4 is 8.85 Å². The van der Waals surface area contributed by atoms with E-state index in [1.54, 1.807) is 48.5 Å². The molecular weight excluding hydrogens is 693 g/mol. The van der Waals surface area contributed by atoms with Gasteiger partial charge in [0.15, 0.2) is 0 Å². The summed E-state index contributed by atoms with van der Waals surface area (Å²) in [6, 6.07) is 14.0. The van der Waals surface area contributed by atoms with Crippen molar-refractivity contribution in [3.05, 3.63) is 59.7 Å². The summed E-state index contributed by atoms with van der Waals surface area (Å²) < 4.78 is 52.2. The maximum atomic E-state index is 11.0. The van der Waals surface area contributed by atoms with Gasteiger partial charge in [-0.15, -0.1) is 0 Å². The number of aldehydes is 2. The fraction of sp³-hybridized carbons (Fsp3) is 0.500. The Kier molecular flexibility index (Phi) is 13.1. The molecule has 0 aliphatic carbocycles. The molecule has 0 aliphatic heterocycles. The van der Waals surface area contributed by atoms with E-state index in [2.05, 4.69) is 0 Å². The highest BCUT2D eigenvalue weighted by Gasteiger charge is 2.49. The molecule has 0 atom stereocenters. The second-order valence-electron chi connectivity index (χ2n) is 14.0. The molecule has 2 aromatic carbocycles. The van der Waals surface area contributed by atoms with Gasteiger partial charge in [-0.05, 0) is 140 Å². The Balaban J connectivity index is 2.01. The first-order chi connectivity index (χ1) is 20.3. The number of benzene rings is 2. The molecule has 0 bridgehead atoms. The SMILES string of the molecule is C[Si](C)(Oc1ccc(C=O)cc1)O[Si](C)(C)O[Si](C)(C)O[Si](C)(C)O[Si](C)(C)O[Si](C)(C)O[Si](C)(C)Oc1ccc(C=O)cc1. The molecule has 0 unspecified atom stereocenters. The molecule has 0 saturated carbocycles. The van der Waals surface area contributed by atoms with Gasteiger partial charge in [-0.3, -0.25) is 9.59 Å². The van der Waals surface area contributed by atoms with Crippen LogP contribution in [0, 0.1) is 0 Å². The van der Waals surface area contributed by atoms with Gasteiger partial charge in [0.2, 0.25) is 0 Å². The summed E-state index contributed by atoms with van der Waals surface area (Å²) in [5, 5.41) is 0. The summed E-state index contributed by atoms with van der Waals surface area (Å²) in [5.74, 6) is 1.32. The van der Waals surface area contributed by atoms with Crippen molar-refractivity contribution in [2.75, 3.05) is 0 Å². The first-order valence-corrected chi connectivity index (χ1v) is 34.7. The van der Waals surface area contributed by atoms with E-state index >= 15 is 0 Å². The molecule has 0 N–H and O–H groups in total. The van der Waals surface area contributed by atoms with Crippen LogP contribution in [0.3, 0.4) is 0 Å². The molecule has 0 saturated heterocycles. The van der Waals surface area contributed by atoms with Crippen molar-refractivity contribution in [3.63, 3.8) is 0 Å². The lowest BCUT2D eigenvalue weighted by Crippen LogP contribution is -2.61. The maximum Gasteiger partial charge on any atom is 0.383 e. The number of carbonyl (C=O) groups is 2. The van der Waals surface area contributed by atoms with Crippen LogP contribution in [0.4, 0.5) is 0 Å². The molecule has 0 fully saturated rings. The summed E-state index contributed by atoms with van der Waals surface area (Å²) in [6.45, 7) is 28.0. The lowest BCUT2D eigenvalue weighted by molar-refractivity contribution is 0.111. The van der Waals surface area contributed by atoms with Crippen LogP contribution in [-0.4, -0.2) is 72.5 Å². The predicted molar refractivity (Wildman–Crippen MR) is 194 cm³/mol. The van der Waals surface area contributed by atoms with E-state index in [-0.39, 0.29) is 0 Å². The molecule has 10 nitrogen and oxygen atoms in total. The third kappa shape index (κ3) is 15.0. The fourth-order valence-corrected chi connectivity index (χ4v) is 38.4. The predicted octanol–water partition coefficient (Wildman–Crippen LogP) is 7.78. The molecule has 252 valence electrons. The molecular formula is C28H52O10Si7. The number of rotatable bonds is 18. The van der Waals surface area contributed by atoms with Crippen molar-refractivity contribution >= 4 is 72.5 Å². The molecule has 45 heavy (non-hydrogen) atoms. The van der Waals surface area contributed by atoms with E-state index in [1.807, 2.05) is 91.7 Å². The monoisotopic (exact) mass is 744 g/mol. The Labute approximate surface area is 277 Å². The van der Waals surface area contributed by atoms with Crippen LogP contribution in [0.25, 0.3) is 0 Å². The normalized spacial score (nSPS) is 13.8. The molecule has 0 amide bonds. The molecule has 0 aromatic heterocycles. The van der Waals surface area contributed by atoms with Crippen LogP contribution in [0.1, 0.15) is 20.7 Å². The number of carbonyl (C=O) groups excluding carboxylic acids is 2. The molecule has 2 rings (SSSR count). The minimum Gasteiger partial charge on any atom is -0.521 e. The van der Waals surface area contributed by atoms with E-state index < -0.39 is 59.9 Å². The Morgan fingerprint density at radius 1 is 0.356 bits per heavy atom. The van der Waals surface area contributed by atoms with Gasteiger partial charge in [0.1, 0.15) is 24.1 Å². The largest absolute Gasteiger partial charge is 0.521 e. The fourth-order valence-electron chi connectivity index (χ4n) is 5.49. The Morgan fingerprint density at radius 2 is 0.556 bits per heavy atom. The van der Waals surface area contributed by atoms with E-state index in [9.17, 15) is 9.59 Å². The standard InChI is InChI=1S/C28H52O10Si7/c1-39(2,31-27-19-15-25(23-29)16-20-27)33-41(5,6)35-43(9,10)37-45(13,14)38-44(11,12)36-42(7,8)34-40(3,4)32-28-21-17-26(24-30)18-22-28/h15-24H,1-14H3. The van der Waals surface area contributed by atoms with E-state index in [0.717, 1.165) is 12.6 Å². The highest BCUT2D eigenvalue weighted by Crippen LogP contribution is 2.30. The van der Waals surface area contributed by atoms with Gasteiger partial charge in [-0.25, -0.2) is 0 Å². The summed E-state index contributed by atoms with van der Waals surface area (Å²) in [6.07, 6.45) is 1.61. The third-order valence-corrected chi connectivity index (χ3v) is 30.8. The van der Waals surface area contributed by atoms with Gasteiger partial charge in [0, 0.05) is 11.1 Å². The minimum atomic E-state index is -2.72. The minimum absolute atomic E-state index is 0.591. The highest BCUT2D eigenvalue weighted by molar-refractivity contribution is 6.91. The van der Waals surface area contributed by atoms with Crippen molar-refractivity contribution in [2.45, 2.75) is 91.7 Å². The molecule has 0 radical (unpaired) electrons. The van der Waals surface area contributed by atoms with Crippen LogP contribution in [0.15, 0.2) is 48.5 Å². The number of hydrogen-bond donors (Lipinski definition) is 0. The zero-order valence-electron chi connectivity index (χ0n) is 29.4. The van der Waals surface area contributed by atoms with Crippen molar-refractivity contribution in [1.29, 1.82) is 0 Å². The van der Waals surface area contributed by atoms with Crippen LogP contribution in [0.5, 0.6) is 11.5 Å². The first kappa shape index (κ1) is 39.8. The molecule has 0 spiro atoms. The summed E-state index contributed by atoms with van der Waals surface area (Å²) in [5.41, 5.74) is 1.18. The molecule has 0 heterocycles. The van der Waals surface area contributed by atoms with Crippen LogP contribution >= 0.6 is 0 Å². The zero-order valence-corrected chi connectivity index (χ0v) is 36.4. The summed E-state index contributed by atoms with van der Waals surface area (Å²) >= 11 is 0. The van der Waals surface area contributed by atoms with Crippen LogP contribution in [0.2, 0.25) is 91.7 Å².